The normalized spacial score (nSPS) is 16.5. The zero-order chi connectivity index (χ0) is 10.7. The van der Waals surface area contributed by atoms with Gasteiger partial charge in [0.05, 0.1) is 0 Å². The molecule has 13 heavy (non-hydrogen) atoms. The van der Waals surface area contributed by atoms with Gasteiger partial charge in [0.2, 0.25) is 0 Å². The Morgan fingerprint density at radius 3 is 1.92 bits per heavy atom. The molecular formula is C11H23NS. The van der Waals surface area contributed by atoms with Crippen molar-refractivity contribution in [2.24, 2.45) is 10.4 Å². The van der Waals surface area contributed by atoms with E-state index < -0.39 is 0 Å². The van der Waals surface area contributed by atoms with Crippen molar-refractivity contribution in [2.75, 3.05) is 6.54 Å². The highest BCUT2D eigenvalue weighted by Gasteiger charge is 2.12. The van der Waals surface area contributed by atoms with E-state index in [4.69, 9.17) is 0 Å². The van der Waals surface area contributed by atoms with E-state index in [9.17, 15) is 0 Å². The van der Waals surface area contributed by atoms with Crippen LogP contribution in [0.2, 0.25) is 0 Å². The molecule has 78 valence electrons. The molecule has 0 saturated carbocycles. The molecule has 0 aliphatic heterocycles. The topological polar surface area (TPSA) is 12.4 Å². The first-order chi connectivity index (χ1) is 5.63. The zero-order valence-electron chi connectivity index (χ0n) is 9.85. The third-order valence-electron chi connectivity index (χ3n) is 1.55. The molecule has 0 saturated heterocycles. The van der Waals surface area contributed by atoms with Crippen LogP contribution >= 0.6 is 10.5 Å². The summed E-state index contributed by atoms with van der Waals surface area (Å²) in [6, 6.07) is 0. The Bertz CT molecular complexity index is 203. The lowest BCUT2D eigenvalue weighted by atomic mass is 9.98. The molecule has 0 radical (unpaired) electrons. The Kier molecular flexibility index (Phi) is 4.37. The van der Waals surface area contributed by atoms with Crippen LogP contribution in [0.4, 0.5) is 0 Å². The van der Waals surface area contributed by atoms with E-state index in [-0.39, 0.29) is 15.2 Å². The summed E-state index contributed by atoms with van der Waals surface area (Å²) >= 11 is 0. The molecule has 0 heterocycles. The quantitative estimate of drug-likeness (QED) is 0.368. The Balaban J connectivity index is 4.09. The Morgan fingerprint density at radius 2 is 1.62 bits per heavy atom. The maximum atomic E-state index is 4.43. The van der Waals surface area contributed by atoms with Gasteiger partial charge in [0.15, 0.2) is 0 Å². The zero-order valence-corrected chi connectivity index (χ0v) is 10.7. The predicted molar refractivity (Wildman–Crippen MR) is 67.3 cm³/mol. The van der Waals surface area contributed by atoms with Gasteiger partial charge in [-0.25, -0.2) is 0 Å². The van der Waals surface area contributed by atoms with Gasteiger partial charge in [0.1, 0.15) is 0 Å². The molecule has 0 N–H and O–H groups in total. The lowest BCUT2D eigenvalue weighted by Gasteiger charge is -2.20. The van der Waals surface area contributed by atoms with Crippen LogP contribution in [0.3, 0.4) is 0 Å². The fourth-order valence-corrected chi connectivity index (χ4v) is 1.13. The maximum absolute atomic E-state index is 4.43. The van der Waals surface area contributed by atoms with Gasteiger partial charge in [0, 0.05) is 16.8 Å². The minimum atomic E-state index is 0.0363. The van der Waals surface area contributed by atoms with E-state index in [1.54, 1.807) is 0 Å². The Morgan fingerprint density at radius 1 is 1.15 bits per heavy atom. The van der Waals surface area contributed by atoms with Crippen LogP contribution in [0.1, 0.15) is 41.5 Å². The van der Waals surface area contributed by atoms with E-state index in [0.29, 0.717) is 5.41 Å². The van der Waals surface area contributed by atoms with Gasteiger partial charge in [-0.1, -0.05) is 47.4 Å². The molecule has 2 heteroatoms. The first-order valence-electron chi connectivity index (χ1n) is 4.66. The maximum Gasteiger partial charge on any atom is 0.0486 e. The Hall–Kier alpha value is -0.110. The van der Waals surface area contributed by atoms with E-state index in [0.717, 1.165) is 6.54 Å². The van der Waals surface area contributed by atoms with Gasteiger partial charge >= 0.3 is 0 Å². The molecule has 0 aromatic heterocycles. The lowest BCUT2D eigenvalue weighted by molar-refractivity contribution is 0.430. The molecule has 0 aromatic carbocycles. The fraction of sp³-hybridized carbons (Fsp3) is 0.818. The summed E-state index contributed by atoms with van der Waals surface area (Å²) in [5.74, 6) is 4.11. The summed E-state index contributed by atoms with van der Waals surface area (Å²) in [4.78, 5) is 4.43. The molecular weight excluding hydrogens is 178 g/mol. The molecule has 1 nitrogen and oxygen atoms in total. The summed E-state index contributed by atoms with van der Waals surface area (Å²) in [6.45, 7) is 14.1. The van der Waals surface area contributed by atoms with Crippen molar-refractivity contribution < 1.29 is 0 Å². The van der Waals surface area contributed by atoms with Crippen molar-refractivity contribution in [3.05, 3.63) is 0 Å². The van der Waals surface area contributed by atoms with Crippen molar-refractivity contribution in [1.82, 2.24) is 0 Å². The van der Waals surface area contributed by atoms with E-state index in [2.05, 4.69) is 52.4 Å². The minimum Gasteiger partial charge on any atom is -0.286 e. The van der Waals surface area contributed by atoms with E-state index >= 15 is 0 Å². The molecule has 0 aromatic rings. The molecule has 0 fully saturated rings. The SMILES string of the molecule is C=S(/C=N\CC(C)(C)C)C(C)(C)C. The van der Waals surface area contributed by atoms with Crippen molar-refractivity contribution in [2.45, 2.75) is 46.3 Å². The van der Waals surface area contributed by atoms with Crippen LogP contribution in [-0.4, -0.2) is 22.7 Å². The highest BCUT2D eigenvalue weighted by molar-refractivity contribution is 8.26. The number of hydrogen-bond acceptors (Lipinski definition) is 1. The third-order valence-corrected chi connectivity index (χ3v) is 3.53. The summed E-state index contributed by atoms with van der Waals surface area (Å²) in [5, 5.41) is 0. The molecule has 1 unspecified atom stereocenters. The van der Waals surface area contributed by atoms with Crippen LogP contribution < -0.4 is 0 Å². The Labute approximate surface area is 85.6 Å². The highest BCUT2D eigenvalue weighted by Crippen LogP contribution is 2.27. The number of aliphatic imine (C=N–C) groups is 1. The molecule has 0 rings (SSSR count). The van der Waals surface area contributed by atoms with Gasteiger partial charge in [0.25, 0.3) is 0 Å². The number of hydrogen-bond donors (Lipinski definition) is 0. The minimum absolute atomic E-state index is 0.0363. The van der Waals surface area contributed by atoms with Crippen LogP contribution in [-0.2, 0) is 0 Å². The van der Waals surface area contributed by atoms with Crippen molar-refractivity contribution in [3.8, 4) is 0 Å². The average molecular weight is 201 g/mol. The van der Waals surface area contributed by atoms with Gasteiger partial charge in [-0.2, -0.15) is 0 Å². The first kappa shape index (κ1) is 12.9. The summed E-state index contributed by atoms with van der Waals surface area (Å²) in [5.41, 5.74) is 2.31. The second kappa shape index (κ2) is 4.41. The molecule has 0 bridgehead atoms. The van der Waals surface area contributed by atoms with Gasteiger partial charge < -0.3 is 0 Å². The predicted octanol–water partition coefficient (Wildman–Crippen LogP) is 3.56. The summed E-state index contributed by atoms with van der Waals surface area (Å²) < 4.78 is 0.251. The van der Waals surface area contributed by atoms with E-state index in [1.807, 2.05) is 5.55 Å². The standard InChI is InChI=1S/C11H23NS/c1-10(2,3)8-12-9-13(7)11(4,5)6/h9H,7-8H2,1-6H3/b12-9-. The average Bonchev–Trinajstić information content (AvgIpc) is 1.82. The fourth-order valence-electron chi connectivity index (χ4n) is 0.559. The molecule has 1 atom stereocenters. The number of nitrogens with zero attached hydrogens (tertiary/aromatic N) is 1. The van der Waals surface area contributed by atoms with Crippen LogP contribution in [0.15, 0.2) is 4.99 Å². The van der Waals surface area contributed by atoms with Crippen molar-refractivity contribution in [3.63, 3.8) is 0 Å². The largest absolute Gasteiger partial charge is 0.286 e. The lowest BCUT2D eigenvalue weighted by Crippen LogP contribution is -2.12. The summed E-state index contributed by atoms with van der Waals surface area (Å²) in [7, 11) is 0.0363. The summed E-state index contributed by atoms with van der Waals surface area (Å²) in [6.07, 6.45) is 0. The van der Waals surface area contributed by atoms with E-state index in [1.165, 1.54) is 0 Å². The van der Waals surface area contributed by atoms with Gasteiger partial charge in [-0.3, -0.25) is 4.99 Å². The molecule has 0 amide bonds. The monoisotopic (exact) mass is 201 g/mol. The second-order valence-electron chi connectivity index (χ2n) is 5.55. The third kappa shape index (κ3) is 7.00. The molecule has 0 spiro atoms. The number of rotatable bonds is 2. The first-order valence-corrected chi connectivity index (χ1v) is 6.11. The van der Waals surface area contributed by atoms with Crippen LogP contribution in [0.5, 0.6) is 0 Å². The van der Waals surface area contributed by atoms with Gasteiger partial charge in [-0.05, 0) is 5.41 Å². The van der Waals surface area contributed by atoms with Crippen molar-refractivity contribution in [1.29, 1.82) is 0 Å². The van der Waals surface area contributed by atoms with Gasteiger partial charge in [-0.15, -0.1) is 10.5 Å². The second-order valence-corrected chi connectivity index (χ2v) is 7.84. The van der Waals surface area contributed by atoms with Crippen molar-refractivity contribution >= 4 is 21.9 Å². The molecule has 0 aliphatic carbocycles. The molecule has 0 aliphatic rings. The van der Waals surface area contributed by atoms with Crippen LogP contribution in [0.25, 0.3) is 0 Å². The highest BCUT2D eigenvalue weighted by atomic mass is 32.2. The smallest absolute Gasteiger partial charge is 0.0486 e. The van der Waals surface area contributed by atoms with Crippen LogP contribution in [0, 0.1) is 5.41 Å².